The van der Waals surface area contributed by atoms with Gasteiger partial charge in [-0.3, -0.25) is 9.58 Å². The van der Waals surface area contributed by atoms with Crippen molar-refractivity contribution in [3.05, 3.63) is 16.9 Å². The van der Waals surface area contributed by atoms with Gasteiger partial charge in [-0.05, 0) is 34.8 Å². The van der Waals surface area contributed by atoms with Crippen molar-refractivity contribution >= 4 is 15.9 Å². The fraction of sp³-hybridized carbons (Fsp3) is 0.667. The molecule has 4 heteroatoms. The fourth-order valence-corrected chi connectivity index (χ4v) is 2.07. The molecule has 0 N–H and O–H groups in total. The molecule has 1 saturated heterocycles. The minimum absolute atomic E-state index is 0.781. The minimum Gasteiger partial charge on any atom is -0.281 e. The van der Waals surface area contributed by atoms with Crippen LogP contribution in [0.2, 0.25) is 0 Å². The second-order valence-electron chi connectivity index (χ2n) is 3.48. The van der Waals surface area contributed by atoms with Gasteiger partial charge in [0.2, 0.25) is 0 Å². The monoisotopic (exact) mass is 243 g/mol. The van der Waals surface area contributed by atoms with E-state index in [4.69, 9.17) is 0 Å². The number of likely N-dealkylation sites (tertiary alicyclic amines) is 1. The summed E-state index contributed by atoms with van der Waals surface area (Å²) >= 11 is 3.34. The highest BCUT2D eigenvalue weighted by Crippen LogP contribution is 2.20. The van der Waals surface area contributed by atoms with Gasteiger partial charge < -0.3 is 0 Å². The van der Waals surface area contributed by atoms with Gasteiger partial charge in [0.15, 0.2) is 0 Å². The molecule has 0 bridgehead atoms. The number of hydrogen-bond acceptors (Lipinski definition) is 2. The van der Waals surface area contributed by atoms with Crippen LogP contribution < -0.4 is 0 Å². The summed E-state index contributed by atoms with van der Waals surface area (Å²) in [7, 11) is 0. The van der Waals surface area contributed by atoms with E-state index in [2.05, 4.69) is 32.9 Å². The molecule has 0 radical (unpaired) electrons. The first kappa shape index (κ1) is 9.21. The molecule has 1 atom stereocenters. The summed E-state index contributed by atoms with van der Waals surface area (Å²) < 4.78 is 2.90. The molecule has 0 spiro atoms. The van der Waals surface area contributed by atoms with E-state index in [1.807, 2.05) is 16.9 Å². The Morgan fingerprint density at radius 3 is 3.00 bits per heavy atom. The Morgan fingerprint density at radius 1 is 1.69 bits per heavy atom. The molecule has 1 unspecified atom stereocenters. The summed E-state index contributed by atoms with van der Waals surface area (Å²) in [6.07, 6.45) is 4.61. The second-order valence-corrected chi connectivity index (χ2v) is 4.29. The number of nitrogens with zero attached hydrogens (tertiary/aromatic N) is 3. The Morgan fingerprint density at radius 2 is 2.54 bits per heavy atom. The van der Waals surface area contributed by atoms with E-state index in [1.165, 1.54) is 19.4 Å². The molecule has 1 aromatic rings. The topological polar surface area (TPSA) is 21.1 Å². The maximum absolute atomic E-state index is 4.29. The van der Waals surface area contributed by atoms with Crippen LogP contribution in [-0.2, 0) is 6.67 Å². The molecule has 0 aromatic carbocycles. The lowest BCUT2D eigenvalue weighted by atomic mass is 10.0. The smallest absolute Gasteiger partial charge is 0.128 e. The summed E-state index contributed by atoms with van der Waals surface area (Å²) in [6.45, 7) is 4.40. The summed E-state index contributed by atoms with van der Waals surface area (Å²) in [5.74, 6) is 0. The molecule has 1 fully saturated rings. The van der Waals surface area contributed by atoms with Gasteiger partial charge in [-0.25, -0.2) is 0 Å². The first-order valence-corrected chi connectivity index (χ1v) is 5.52. The van der Waals surface area contributed by atoms with Crippen LogP contribution in [0.1, 0.15) is 19.8 Å². The maximum Gasteiger partial charge on any atom is 0.128 e. The Kier molecular flexibility index (Phi) is 2.69. The summed E-state index contributed by atoms with van der Waals surface area (Å²) in [5, 5.41) is 4.29. The molecular formula is C9H14BrN3. The average molecular weight is 244 g/mol. The van der Waals surface area contributed by atoms with Gasteiger partial charge in [0, 0.05) is 18.8 Å². The van der Waals surface area contributed by atoms with E-state index in [1.54, 1.807) is 0 Å². The summed E-state index contributed by atoms with van der Waals surface area (Å²) in [4.78, 5) is 2.46. The van der Waals surface area contributed by atoms with E-state index in [9.17, 15) is 0 Å². The maximum atomic E-state index is 4.29. The van der Waals surface area contributed by atoms with Crippen molar-refractivity contribution in [1.82, 2.24) is 14.7 Å². The number of hydrogen-bond donors (Lipinski definition) is 0. The molecule has 2 rings (SSSR count). The van der Waals surface area contributed by atoms with Gasteiger partial charge in [-0.2, -0.15) is 5.10 Å². The fourth-order valence-electron chi connectivity index (χ4n) is 1.74. The zero-order valence-electron chi connectivity index (χ0n) is 7.78. The van der Waals surface area contributed by atoms with Gasteiger partial charge in [0.05, 0.1) is 6.67 Å². The first-order chi connectivity index (χ1) is 6.29. The molecule has 0 saturated carbocycles. The standard InChI is InChI=1S/C9H14BrN3/c1-2-8-3-5-12(8)7-13-6-4-9(10)11-13/h4,6,8H,2-3,5,7H2,1H3. The molecule has 72 valence electrons. The van der Waals surface area contributed by atoms with Crippen molar-refractivity contribution in [2.45, 2.75) is 32.5 Å². The highest BCUT2D eigenvalue weighted by atomic mass is 79.9. The molecule has 0 aliphatic carbocycles. The summed E-state index contributed by atoms with van der Waals surface area (Å²) in [6, 6.07) is 2.75. The molecule has 1 aliphatic heterocycles. The van der Waals surface area contributed by atoms with Crippen molar-refractivity contribution in [3.63, 3.8) is 0 Å². The van der Waals surface area contributed by atoms with Gasteiger partial charge in [0.1, 0.15) is 4.60 Å². The third-order valence-corrected chi connectivity index (χ3v) is 3.09. The SMILES string of the molecule is CCC1CCN1Cn1ccc(Br)n1. The lowest BCUT2D eigenvalue weighted by Gasteiger charge is -2.40. The van der Waals surface area contributed by atoms with Crippen molar-refractivity contribution in [1.29, 1.82) is 0 Å². The highest BCUT2D eigenvalue weighted by Gasteiger charge is 2.25. The molecule has 1 aliphatic rings. The van der Waals surface area contributed by atoms with Crippen molar-refractivity contribution in [2.75, 3.05) is 6.54 Å². The molecule has 1 aromatic heterocycles. The third-order valence-electron chi connectivity index (χ3n) is 2.67. The van der Waals surface area contributed by atoms with Gasteiger partial charge >= 0.3 is 0 Å². The van der Waals surface area contributed by atoms with Crippen LogP contribution in [-0.4, -0.2) is 27.3 Å². The normalized spacial score (nSPS) is 23.1. The van der Waals surface area contributed by atoms with E-state index < -0.39 is 0 Å². The average Bonchev–Trinajstić information content (AvgIpc) is 2.46. The Balaban J connectivity index is 1.91. The quantitative estimate of drug-likeness (QED) is 0.811. The van der Waals surface area contributed by atoms with Crippen molar-refractivity contribution < 1.29 is 0 Å². The Labute approximate surface area is 86.8 Å². The number of rotatable bonds is 3. The van der Waals surface area contributed by atoms with Crippen molar-refractivity contribution in [2.24, 2.45) is 0 Å². The Hall–Kier alpha value is -0.350. The Bertz CT molecular complexity index is 282. The molecule has 0 amide bonds. The zero-order valence-corrected chi connectivity index (χ0v) is 9.37. The van der Waals surface area contributed by atoms with Gasteiger partial charge in [-0.1, -0.05) is 6.92 Å². The van der Waals surface area contributed by atoms with E-state index in [0.29, 0.717) is 0 Å². The molecule has 3 nitrogen and oxygen atoms in total. The van der Waals surface area contributed by atoms with E-state index >= 15 is 0 Å². The number of aromatic nitrogens is 2. The summed E-state index contributed by atoms with van der Waals surface area (Å²) in [5.41, 5.74) is 0. The first-order valence-electron chi connectivity index (χ1n) is 4.72. The van der Waals surface area contributed by atoms with Crippen LogP contribution in [0, 0.1) is 0 Å². The second kappa shape index (κ2) is 3.80. The number of halogens is 1. The van der Waals surface area contributed by atoms with Crippen LogP contribution >= 0.6 is 15.9 Å². The van der Waals surface area contributed by atoms with Crippen LogP contribution in [0.15, 0.2) is 16.9 Å². The van der Waals surface area contributed by atoms with Crippen LogP contribution in [0.5, 0.6) is 0 Å². The molecule has 2 heterocycles. The third kappa shape index (κ3) is 1.94. The van der Waals surface area contributed by atoms with E-state index in [0.717, 1.165) is 17.3 Å². The predicted octanol–water partition coefficient (Wildman–Crippen LogP) is 2.09. The predicted molar refractivity (Wildman–Crippen MR) is 55.3 cm³/mol. The lowest BCUT2D eigenvalue weighted by Crippen LogP contribution is -2.47. The van der Waals surface area contributed by atoms with Gasteiger partial charge in [0.25, 0.3) is 0 Å². The van der Waals surface area contributed by atoms with E-state index in [-0.39, 0.29) is 0 Å². The van der Waals surface area contributed by atoms with Crippen LogP contribution in [0.25, 0.3) is 0 Å². The molecular weight excluding hydrogens is 230 g/mol. The van der Waals surface area contributed by atoms with Gasteiger partial charge in [-0.15, -0.1) is 0 Å². The van der Waals surface area contributed by atoms with Crippen molar-refractivity contribution in [3.8, 4) is 0 Å². The van der Waals surface area contributed by atoms with Crippen LogP contribution in [0.3, 0.4) is 0 Å². The highest BCUT2D eigenvalue weighted by molar-refractivity contribution is 9.10. The van der Waals surface area contributed by atoms with Crippen LogP contribution in [0.4, 0.5) is 0 Å². The minimum atomic E-state index is 0.781. The molecule has 13 heavy (non-hydrogen) atoms. The lowest BCUT2D eigenvalue weighted by molar-refractivity contribution is 0.0482. The largest absolute Gasteiger partial charge is 0.281 e. The zero-order chi connectivity index (χ0) is 9.26.